The third-order valence-electron chi connectivity index (χ3n) is 3.70. The molecule has 0 aliphatic carbocycles. The van der Waals surface area contributed by atoms with Crippen LogP contribution in [0.1, 0.15) is 6.92 Å². The van der Waals surface area contributed by atoms with Gasteiger partial charge in [-0.2, -0.15) is 0 Å². The van der Waals surface area contributed by atoms with Gasteiger partial charge in [0.05, 0.1) is 7.11 Å². The van der Waals surface area contributed by atoms with Crippen LogP contribution < -0.4 is 15.0 Å². The van der Waals surface area contributed by atoms with Crippen molar-refractivity contribution in [1.29, 1.82) is 0 Å². The van der Waals surface area contributed by atoms with Gasteiger partial charge in [0.2, 0.25) is 5.91 Å². The third kappa shape index (κ3) is 2.48. The van der Waals surface area contributed by atoms with E-state index in [0.717, 1.165) is 24.5 Å². The molecule has 4 nitrogen and oxygen atoms in total. The van der Waals surface area contributed by atoms with Gasteiger partial charge >= 0.3 is 0 Å². The molecule has 1 N–H and O–H groups in total. The molecule has 1 unspecified atom stereocenters. The number of nitrogens with zero attached hydrogens (tertiary/aromatic N) is 1. The van der Waals surface area contributed by atoms with Gasteiger partial charge in [-0.1, -0.05) is 6.92 Å². The number of hydrogen-bond acceptors (Lipinski definition) is 3. The second-order valence-corrected chi connectivity index (χ2v) is 4.80. The molecular weight excluding hydrogens is 228 g/mol. The van der Waals surface area contributed by atoms with Crippen molar-refractivity contribution < 1.29 is 9.53 Å². The minimum absolute atomic E-state index is 0.0679. The normalized spacial score (nSPS) is 16.8. The number of methoxy groups -OCH3 is 1. The van der Waals surface area contributed by atoms with E-state index in [2.05, 4.69) is 5.32 Å². The molecule has 1 fully saturated rings. The lowest BCUT2D eigenvalue weighted by atomic mass is 9.88. The van der Waals surface area contributed by atoms with E-state index in [0.29, 0.717) is 5.92 Å². The van der Waals surface area contributed by atoms with Crippen molar-refractivity contribution >= 4 is 11.6 Å². The van der Waals surface area contributed by atoms with E-state index in [1.165, 1.54) is 0 Å². The summed E-state index contributed by atoms with van der Waals surface area (Å²) in [6.45, 7) is 3.90. The molecule has 1 atom stereocenters. The fourth-order valence-electron chi connectivity index (χ4n) is 2.10. The highest BCUT2D eigenvalue weighted by molar-refractivity contribution is 5.94. The number of nitrogens with one attached hydrogen (secondary N) is 1. The Balaban J connectivity index is 2.04. The fraction of sp³-hybridized carbons (Fsp3) is 0.500. The lowest BCUT2D eigenvalue weighted by Crippen LogP contribution is -2.50. The van der Waals surface area contributed by atoms with Gasteiger partial charge < -0.3 is 15.0 Å². The zero-order chi connectivity index (χ0) is 13.1. The Hall–Kier alpha value is -1.55. The van der Waals surface area contributed by atoms with Gasteiger partial charge in [-0.05, 0) is 43.3 Å². The Bertz CT molecular complexity index is 412. The van der Waals surface area contributed by atoms with E-state index in [1.807, 2.05) is 38.2 Å². The molecule has 18 heavy (non-hydrogen) atoms. The first-order valence-electron chi connectivity index (χ1n) is 6.26. The van der Waals surface area contributed by atoms with E-state index < -0.39 is 0 Å². The summed E-state index contributed by atoms with van der Waals surface area (Å²) in [5, 5.41) is 3.20. The minimum atomic E-state index is 0.0679. The first-order valence-corrected chi connectivity index (χ1v) is 6.26. The Kier molecular flexibility index (Phi) is 3.87. The van der Waals surface area contributed by atoms with Crippen molar-refractivity contribution in [1.82, 2.24) is 5.32 Å². The molecule has 0 radical (unpaired) electrons. The first kappa shape index (κ1) is 12.9. The van der Waals surface area contributed by atoms with Crippen LogP contribution in [0, 0.1) is 11.8 Å². The largest absolute Gasteiger partial charge is 0.497 e. The van der Waals surface area contributed by atoms with Crippen molar-refractivity contribution in [3.8, 4) is 5.75 Å². The number of carbonyl (C=O) groups is 1. The maximum atomic E-state index is 12.3. The molecule has 1 aliphatic rings. The summed E-state index contributed by atoms with van der Waals surface area (Å²) in [7, 11) is 3.46. The van der Waals surface area contributed by atoms with Crippen LogP contribution in [0.2, 0.25) is 0 Å². The van der Waals surface area contributed by atoms with E-state index in [9.17, 15) is 4.79 Å². The second-order valence-electron chi connectivity index (χ2n) is 4.80. The highest BCUT2D eigenvalue weighted by Crippen LogP contribution is 2.23. The second kappa shape index (κ2) is 5.40. The molecule has 1 aromatic carbocycles. The molecule has 0 aromatic heterocycles. The summed E-state index contributed by atoms with van der Waals surface area (Å²) in [6.07, 6.45) is 0. The van der Waals surface area contributed by atoms with Crippen LogP contribution in [0.4, 0.5) is 5.69 Å². The van der Waals surface area contributed by atoms with Crippen molar-refractivity contribution in [2.24, 2.45) is 11.8 Å². The lowest BCUT2D eigenvalue weighted by Gasteiger charge is -2.34. The predicted molar refractivity (Wildman–Crippen MR) is 71.9 cm³/mol. The van der Waals surface area contributed by atoms with Crippen molar-refractivity contribution in [2.75, 3.05) is 32.1 Å². The summed E-state index contributed by atoms with van der Waals surface area (Å²) in [4.78, 5) is 14.0. The van der Waals surface area contributed by atoms with Gasteiger partial charge in [-0.15, -0.1) is 0 Å². The van der Waals surface area contributed by atoms with Gasteiger partial charge in [0.25, 0.3) is 0 Å². The molecule has 0 spiro atoms. The van der Waals surface area contributed by atoms with Crippen molar-refractivity contribution in [3.63, 3.8) is 0 Å². The highest BCUT2D eigenvalue weighted by atomic mass is 16.5. The number of carbonyl (C=O) groups excluding carboxylic acids is 1. The fourth-order valence-corrected chi connectivity index (χ4v) is 2.10. The number of ether oxygens (including phenoxy) is 1. The third-order valence-corrected chi connectivity index (χ3v) is 3.70. The Labute approximate surface area is 108 Å². The topological polar surface area (TPSA) is 41.6 Å². The van der Waals surface area contributed by atoms with Gasteiger partial charge in [-0.3, -0.25) is 4.79 Å². The molecule has 1 aromatic rings. The Morgan fingerprint density at radius 2 is 2.00 bits per heavy atom. The molecular formula is C14H20N2O2. The van der Waals surface area contributed by atoms with Gasteiger partial charge in [-0.25, -0.2) is 0 Å². The maximum Gasteiger partial charge on any atom is 0.229 e. The zero-order valence-corrected chi connectivity index (χ0v) is 11.1. The molecule has 1 saturated heterocycles. The molecule has 1 amide bonds. The molecule has 0 saturated carbocycles. The Morgan fingerprint density at radius 1 is 1.39 bits per heavy atom. The summed E-state index contributed by atoms with van der Waals surface area (Å²) in [5.41, 5.74) is 0.903. The molecule has 2 rings (SSSR count). The van der Waals surface area contributed by atoms with Crippen LogP contribution in [-0.2, 0) is 4.79 Å². The van der Waals surface area contributed by atoms with Crippen LogP contribution >= 0.6 is 0 Å². The molecule has 1 heterocycles. The highest BCUT2D eigenvalue weighted by Gasteiger charge is 2.30. The number of anilines is 1. The van der Waals surface area contributed by atoms with E-state index in [4.69, 9.17) is 4.74 Å². The first-order chi connectivity index (χ1) is 8.63. The lowest BCUT2D eigenvalue weighted by molar-refractivity contribution is -0.123. The maximum absolute atomic E-state index is 12.3. The summed E-state index contributed by atoms with van der Waals surface area (Å²) in [5.74, 6) is 1.51. The molecule has 0 bridgehead atoms. The van der Waals surface area contributed by atoms with Crippen LogP contribution in [0.25, 0.3) is 0 Å². The summed E-state index contributed by atoms with van der Waals surface area (Å²) >= 11 is 0. The average Bonchev–Trinajstić information content (AvgIpc) is 2.35. The van der Waals surface area contributed by atoms with Crippen molar-refractivity contribution in [2.45, 2.75) is 6.92 Å². The van der Waals surface area contributed by atoms with E-state index >= 15 is 0 Å². The SMILES string of the molecule is COc1ccc(N(C)C(=O)C(C)C2CNC2)cc1. The van der Waals surface area contributed by atoms with Crippen molar-refractivity contribution in [3.05, 3.63) is 24.3 Å². The summed E-state index contributed by atoms with van der Waals surface area (Å²) < 4.78 is 5.11. The summed E-state index contributed by atoms with van der Waals surface area (Å²) in [6, 6.07) is 7.55. The average molecular weight is 248 g/mol. The number of rotatable bonds is 4. The molecule has 98 valence electrons. The van der Waals surface area contributed by atoms with E-state index in [1.54, 1.807) is 12.0 Å². The van der Waals surface area contributed by atoms with Gasteiger partial charge in [0.1, 0.15) is 5.75 Å². The number of hydrogen-bond donors (Lipinski definition) is 1. The van der Waals surface area contributed by atoms with Gasteiger partial charge in [0, 0.05) is 18.7 Å². The van der Waals surface area contributed by atoms with Crippen LogP contribution in [0.3, 0.4) is 0 Å². The van der Waals surface area contributed by atoms with Crippen LogP contribution in [0.5, 0.6) is 5.75 Å². The smallest absolute Gasteiger partial charge is 0.229 e. The number of benzene rings is 1. The Morgan fingerprint density at radius 3 is 2.44 bits per heavy atom. The number of amides is 1. The predicted octanol–water partition coefficient (Wildman–Crippen LogP) is 1.51. The quantitative estimate of drug-likeness (QED) is 0.878. The van der Waals surface area contributed by atoms with Crippen LogP contribution in [-0.4, -0.2) is 33.2 Å². The van der Waals surface area contributed by atoms with E-state index in [-0.39, 0.29) is 11.8 Å². The molecule has 4 heteroatoms. The minimum Gasteiger partial charge on any atom is -0.497 e. The van der Waals surface area contributed by atoms with Crippen LogP contribution in [0.15, 0.2) is 24.3 Å². The molecule has 1 aliphatic heterocycles. The standard InChI is InChI=1S/C14H20N2O2/c1-10(11-8-15-9-11)14(17)16(2)12-4-6-13(18-3)7-5-12/h4-7,10-11,15H,8-9H2,1-3H3. The monoisotopic (exact) mass is 248 g/mol. The van der Waals surface area contributed by atoms with Gasteiger partial charge in [0.15, 0.2) is 0 Å². The zero-order valence-electron chi connectivity index (χ0n) is 11.1.